The van der Waals surface area contributed by atoms with Crippen LogP contribution in [0.25, 0.3) is 10.8 Å². The van der Waals surface area contributed by atoms with Gasteiger partial charge in [0, 0.05) is 0 Å². The maximum atomic E-state index is 6.34. The van der Waals surface area contributed by atoms with Crippen molar-refractivity contribution in [2.24, 2.45) is 0 Å². The molecule has 0 saturated carbocycles. The van der Waals surface area contributed by atoms with E-state index >= 15 is 0 Å². The second kappa shape index (κ2) is 6.90. The molecule has 0 fully saturated rings. The first-order valence-corrected chi connectivity index (χ1v) is 8.86. The average molecular weight is 372 g/mol. The molecule has 0 N–H and O–H groups in total. The van der Waals surface area contributed by atoms with E-state index in [4.69, 9.17) is 16.3 Å². The predicted molar refractivity (Wildman–Crippen MR) is 94.2 cm³/mol. The molecular weight excluding hydrogens is 359 g/mol. The van der Waals surface area contributed by atoms with Gasteiger partial charge in [-0.25, -0.2) is 0 Å². The van der Waals surface area contributed by atoms with Crippen LogP contribution in [0.15, 0.2) is 60.7 Å². The molecule has 22 heavy (non-hydrogen) atoms. The summed E-state index contributed by atoms with van der Waals surface area (Å²) in [5.41, 5.74) is 0.994. The van der Waals surface area contributed by atoms with E-state index in [2.05, 4.69) is 35.0 Å². The van der Waals surface area contributed by atoms with E-state index < -0.39 is 0 Å². The molecular formula is C19H13ClOSe. The molecule has 3 aromatic carbocycles. The van der Waals surface area contributed by atoms with E-state index in [1.54, 1.807) is 7.11 Å². The van der Waals surface area contributed by atoms with Crippen LogP contribution in [0.5, 0.6) is 5.75 Å². The monoisotopic (exact) mass is 372 g/mol. The Morgan fingerprint density at radius 1 is 0.955 bits per heavy atom. The molecule has 1 nitrogen and oxygen atoms in total. The third kappa shape index (κ3) is 3.29. The Morgan fingerprint density at radius 3 is 2.41 bits per heavy atom. The average Bonchev–Trinajstić information content (AvgIpc) is 2.56. The number of halogens is 1. The first kappa shape index (κ1) is 15.0. The standard InChI is InChI=1S/C19H13ClOSe/c1-21-16-10-8-14(9-11-16)12-13-22-18-7-3-5-15-4-2-6-17(20)19(15)18/h2-11H,1H3. The van der Waals surface area contributed by atoms with Crippen molar-refractivity contribution in [3.63, 3.8) is 0 Å². The summed E-state index contributed by atoms with van der Waals surface area (Å²) >= 11 is 6.40. The minimum absolute atomic E-state index is 0.0600. The summed E-state index contributed by atoms with van der Waals surface area (Å²) in [6.07, 6.45) is 0. The van der Waals surface area contributed by atoms with E-state index in [-0.39, 0.29) is 15.0 Å². The van der Waals surface area contributed by atoms with Crippen LogP contribution >= 0.6 is 11.6 Å². The molecule has 0 atom stereocenters. The molecule has 0 aliphatic heterocycles. The molecule has 0 unspecified atom stereocenters. The van der Waals surface area contributed by atoms with E-state index in [1.165, 1.54) is 4.46 Å². The summed E-state index contributed by atoms with van der Waals surface area (Å²) in [5, 5.41) is 3.08. The molecule has 0 amide bonds. The zero-order valence-corrected chi connectivity index (χ0v) is 14.4. The zero-order chi connectivity index (χ0) is 15.4. The van der Waals surface area contributed by atoms with E-state index in [0.717, 1.165) is 27.1 Å². The molecule has 0 aliphatic rings. The number of hydrogen-bond donors (Lipinski definition) is 0. The van der Waals surface area contributed by atoms with Gasteiger partial charge in [0.25, 0.3) is 0 Å². The first-order valence-electron chi connectivity index (χ1n) is 6.77. The maximum absolute atomic E-state index is 6.34. The van der Waals surface area contributed by atoms with Gasteiger partial charge < -0.3 is 0 Å². The molecule has 3 rings (SSSR count). The SMILES string of the molecule is COc1ccc(C#C[Se]c2cccc3cccc(Cl)c23)cc1. The van der Waals surface area contributed by atoms with Crippen LogP contribution in [0.3, 0.4) is 0 Å². The van der Waals surface area contributed by atoms with Crippen LogP contribution in [0, 0.1) is 10.7 Å². The third-order valence-electron chi connectivity index (χ3n) is 3.26. The Balaban J connectivity index is 1.87. The molecule has 0 bridgehead atoms. The molecule has 0 aromatic heterocycles. The first-order chi connectivity index (χ1) is 10.8. The number of ether oxygens (including phenoxy) is 1. The number of hydrogen-bond acceptors (Lipinski definition) is 1. The van der Waals surface area contributed by atoms with E-state index in [1.807, 2.05) is 36.4 Å². The number of fused-ring (bicyclic) bond motifs is 1. The second-order valence-corrected chi connectivity index (χ2v) is 6.84. The Hall–Kier alpha value is -1.91. The van der Waals surface area contributed by atoms with Gasteiger partial charge in [-0.2, -0.15) is 0 Å². The fourth-order valence-corrected chi connectivity index (χ4v) is 4.16. The number of rotatable bonds is 2. The molecule has 0 spiro atoms. The molecule has 0 saturated heterocycles. The normalized spacial score (nSPS) is 10.1. The summed E-state index contributed by atoms with van der Waals surface area (Å²) in [6.45, 7) is 0. The fraction of sp³-hybridized carbons (Fsp3) is 0.0526. The topological polar surface area (TPSA) is 9.23 Å². The Kier molecular flexibility index (Phi) is 4.71. The molecule has 3 heteroatoms. The minimum atomic E-state index is 0.0600. The quantitative estimate of drug-likeness (QED) is 0.491. The summed E-state index contributed by atoms with van der Waals surface area (Å²) in [4.78, 5) is 3.29. The van der Waals surface area contributed by atoms with Crippen molar-refractivity contribution in [2.45, 2.75) is 0 Å². The summed E-state index contributed by atoms with van der Waals surface area (Å²) in [7, 11) is 1.66. The predicted octanol–water partition coefficient (Wildman–Crippen LogP) is 3.84. The summed E-state index contributed by atoms with van der Waals surface area (Å²) in [5.74, 6) is 4.05. The van der Waals surface area contributed by atoms with Crippen molar-refractivity contribution >= 4 is 41.8 Å². The third-order valence-corrected chi connectivity index (χ3v) is 5.18. The van der Waals surface area contributed by atoms with Crippen molar-refractivity contribution in [2.75, 3.05) is 7.11 Å². The summed E-state index contributed by atoms with van der Waals surface area (Å²) < 4.78 is 6.36. The van der Waals surface area contributed by atoms with Crippen molar-refractivity contribution in [1.82, 2.24) is 0 Å². The van der Waals surface area contributed by atoms with E-state index in [9.17, 15) is 0 Å². The number of benzene rings is 3. The van der Waals surface area contributed by atoms with Crippen molar-refractivity contribution in [1.29, 1.82) is 0 Å². The van der Waals surface area contributed by atoms with Gasteiger partial charge >= 0.3 is 141 Å². The van der Waals surface area contributed by atoms with Gasteiger partial charge in [-0.1, -0.05) is 0 Å². The Morgan fingerprint density at radius 2 is 1.68 bits per heavy atom. The summed E-state index contributed by atoms with van der Waals surface area (Å²) in [6, 6.07) is 20.0. The van der Waals surface area contributed by atoms with Gasteiger partial charge in [0.1, 0.15) is 0 Å². The Labute approximate surface area is 141 Å². The van der Waals surface area contributed by atoms with Crippen molar-refractivity contribution in [3.8, 4) is 16.5 Å². The Bertz CT molecular complexity index is 855. The van der Waals surface area contributed by atoms with Crippen LogP contribution in [-0.2, 0) is 0 Å². The van der Waals surface area contributed by atoms with Crippen LogP contribution in [0.1, 0.15) is 5.56 Å². The molecule has 0 aliphatic carbocycles. The van der Waals surface area contributed by atoms with Gasteiger partial charge in [0.2, 0.25) is 0 Å². The molecule has 3 aromatic rings. The van der Waals surface area contributed by atoms with Crippen LogP contribution in [0.4, 0.5) is 0 Å². The number of methoxy groups -OCH3 is 1. The molecule has 0 heterocycles. The van der Waals surface area contributed by atoms with Gasteiger partial charge in [-0.15, -0.1) is 0 Å². The van der Waals surface area contributed by atoms with Crippen molar-refractivity contribution in [3.05, 3.63) is 71.2 Å². The van der Waals surface area contributed by atoms with Gasteiger partial charge in [0.05, 0.1) is 0 Å². The molecule has 0 radical (unpaired) electrons. The van der Waals surface area contributed by atoms with Gasteiger partial charge in [-0.05, 0) is 0 Å². The zero-order valence-electron chi connectivity index (χ0n) is 12.0. The molecule has 108 valence electrons. The van der Waals surface area contributed by atoms with Crippen LogP contribution < -0.4 is 9.20 Å². The van der Waals surface area contributed by atoms with Crippen LogP contribution in [0.2, 0.25) is 5.02 Å². The van der Waals surface area contributed by atoms with Gasteiger partial charge in [-0.3, -0.25) is 0 Å². The van der Waals surface area contributed by atoms with E-state index in [0.29, 0.717) is 0 Å². The van der Waals surface area contributed by atoms with Crippen molar-refractivity contribution < 1.29 is 4.74 Å². The second-order valence-electron chi connectivity index (χ2n) is 4.65. The fourth-order valence-electron chi connectivity index (χ4n) is 2.16. The van der Waals surface area contributed by atoms with Crippen LogP contribution in [-0.4, -0.2) is 22.1 Å². The van der Waals surface area contributed by atoms with Gasteiger partial charge in [0.15, 0.2) is 0 Å².